The van der Waals surface area contributed by atoms with E-state index < -0.39 is 0 Å². The molecule has 0 aliphatic heterocycles. The van der Waals surface area contributed by atoms with Crippen LogP contribution in [0.1, 0.15) is 25.7 Å². The second-order valence-corrected chi connectivity index (χ2v) is 4.60. The van der Waals surface area contributed by atoms with E-state index in [1.54, 1.807) is 11.6 Å². The van der Waals surface area contributed by atoms with Crippen molar-refractivity contribution in [1.82, 2.24) is 0 Å². The number of hydrogen-bond acceptors (Lipinski definition) is 2. The van der Waals surface area contributed by atoms with Crippen LogP contribution >= 0.6 is 11.6 Å². The molecule has 0 amide bonds. The molecule has 0 spiro atoms. The van der Waals surface area contributed by atoms with Crippen molar-refractivity contribution >= 4 is 23.0 Å². The maximum Gasteiger partial charge on any atom is 0.0575 e. The van der Waals surface area contributed by atoms with Crippen molar-refractivity contribution in [3.05, 3.63) is 34.9 Å². The van der Waals surface area contributed by atoms with Gasteiger partial charge in [-0.25, -0.2) is 0 Å². The molecule has 1 aliphatic carbocycles. The predicted octanol–water partition coefficient (Wildman–Crippen LogP) is 3.83. The molecule has 0 bridgehead atoms. The van der Waals surface area contributed by atoms with Gasteiger partial charge in [-0.2, -0.15) is 0 Å². The lowest BCUT2D eigenvalue weighted by Gasteiger charge is -2.09. The Morgan fingerprint density at radius 1 is 1.38 bits per heavy atom. The van der Waals surface area contributed by atoms with Crippen molar-refractivity contribution in [3.63, 3.8) is 0 Å². The van der Waals surface area contributed by atoms with Gasteiger partial charge in [0.1, 0.15) is 0 Å². The average Bonchev–Trinajstić information content (AvgIpc) is 2.74. The Kier molecular flexibility index (Phi) is 3.73. The quantitative estimate of drug-likeness (QED) is 0.616. The van der Waals surface area contributed by atoms with Crippen LogP contribution in [-0.2, 0) is 0 Å². The van der Waals surface area contributed by atoms with Crippen molar-refractivity contribution in [3.8, 4) is 0 Å². The van der Waals surface area contributed by atoms with Gasteiger partial charge in [-0.15, -0.1) is 0 Å². The normalized spacial score (nSPS) is 14.9. The molecular weight excluding hydrogens is 220 g/mol. The lowest BCUT2D eigenvalue weighted by Crippen LogP contribution is -2.04. The third kappa shape index (κ3) is 2.92. The second kappa shape index (κ2) is 5.26. The summed E-state index contributed by atoms with van der Waals surface area (Å²) in [5.74, 6) is 0. The van der Waals surface area contributed by atoms with E-state index in [-0.39, 0.29) is 0 Å². The highest BCUT2D eigenvalue weighted by Gasteiger charge is 2.04. The Hall–Kier alpha value is -1.15. The summed E-state index contributed by atoms with van der Waals surface area (Å²) in [5.41, 5.74) is 9.11. The standard InChI is InChI=1S/C13H17ClN2/c14-11-5-6-13(12(15)9-11)16-8-7-10-3-1-2-4-10/h3,5-6,9,16H,1-2,4,7-8,15H2. The first-order valence-corrected chi connectivity index (χ1v) is 6.10. The summed E-state index contributed by atoms with van der Waals surface area (Å²) >= 11 is 5.84. The zero-order chi connectivity index (χ0) is 11.4. The highest BCUT2D eigenvalue weighted by Crippen LogP contribution is 2.24. The molecule has 0 radical (unpaired) electrons. The fraction of sp³-hybridized carbons (Fsp3) is 0.385. The van der Waals surface area contributed by atoms with Gasteiger partial charge in [0, 0.05) is 11.6 Å². The molecule has 3 N–H and O–H groups in total. The number of hydrogen-bond donors (Lipinski definition) is 2. The van der Waals surface area contributed by atoms with Gasteiger partial charge in [-0.1, -0.05) is 23.3 Å². The molecule has 2 rings (SSSR count). The first kappa shape index (κ1) is 11.3. The average molecular weight is 237 g/mol. The molecule has 0 atom stereocenters. The molecule has 0 saturated heterocycles. The van der Waals surface area contributed by atoms with Gasteiger partial charge in [0.15, 0.2) is 0 Å². The summed E-state index contributed by atoms with van der Waals surface area (Å²) in [5, 5.41) is 4.02. The number of allylic oxidation sites excluding steroid dienone is 1. The van der Waals surface area contributed by atoms with Crippen molar-refractivity contribution < 1.29 is 0 Å². The number of anilines is 2. The van der Waals surface area contributed by atoms with E-state index in [2.05, 4.69) is 11.4 Å². The second-order valence-electron chi connectivity index (χ2n) is 4.16. The van der Waals surface area contributed by atoms with Crippen LogP contribution < -0.4 is 11.1 Å². The number of nitrogens with one attached hydrogen (secondary N) is 1. The first-order chi connectivity index (χ1) is 7.75. The summed E-state index contributed by atoms with van der Waals surface area (Å²) in [6, 6.07) is 5.56. The molecule has 3 heteroatoms. The zero-order valence-electron chi connectivity index (χ0n) is 9.30. The fourth-order valence-corrected chi connectivity index (χ4v) is 2.20. The van der Waals surface area contributed by atoms with Crippen LogP contribution in [0.25, 0.3) is 0 Å². The Morgan fingerprint density at radius 3 is 2.94 bits per heavy atom. The van der Waals surface area contributed by atoms with E-state index in [9.17, 15) is 0 Å². The van der Waals surface area contributed by atoms with E-state index in [1.165, 1.54) is 19.3 Å². The number of nitrogens with two attached hydrogens (primary N) is 1. The molecule has 1 aromatic rings. The Labute approximate surface area is 101 Å². The molecular formula is C13H17ClN2. The molecule has 1 aromatic carbocycles. The van der Waals surface area contributed by atoms with Crippen LogP contribution in [-0.4, -0.2) is 6.54 Å². The van der Waals surface area contributed by atoms with Gasteiger partial charge in [-0.3, -0.25) is 0 Å². The highest BCUT2D eigenvalue weighted by molar-refractivity contribution is 6.31. The fourth-order valence-electron chi connectivity index (χ4n) is 2.02. The lowest BCUT2D eigenvalue weighted by molar-refractivity contribution is 0.863. The predicted molar refractivity (Wildman–Crippen MR) is 70.9 cm³/mol. The van der Waals surface area contributed by atoms with Gasteiger partial charge < -0.3 is 11.1 Å². The minimum Gasteiger partial charge on any atom is -0.397 e. The van der Waals surface area contributed by atoms with Gasteiger partial charge in [0.05, 0.1) is 11.4 Å². The molecule has 1 aliphatic rings. The maximum absolute atomic E-state index is 5.85. The molecule has 0 saturated carbocycles. The van der Waals surface area contributed by atoms with Crippen molar-refractivity contribution in [2.24, 2.45) is 0 Å². The van der Waals surface area contributed by atoms with E-state index in [0.29, 0.717) is 10.7 Å². The summed E-state index contributed by atoms with van der Waals surface area (Å²) in [6.45, 7) is 0.942. The monoisotopic (exact) mass is 236 g/mol. The minimum atomic E-state index is 0.682. The van der Waals surface area contributed by atoms with Crippen LogP contribution in [0.4, 0.5) is 11.4 Å². The molecule has 2 nitrogen and oxygen atoms in total. The Morgan fingerprint density at radius 2 is 2.25 bits per heavy atom. The largest absolute Gasteiger partial charge is 0.397 e. The highest BCUT2D eigenvalue weighted by atomic mass is 35.5. The summed E-state index contributed by atoms with van der Waals surface area (Å²) in [4.78, 5) is 0. The van der Waals surface area contributed by atoms with Gasteiger partial charge in [0.25, 0.3) is 0 Å². The Balaban J connectivity index is 1.84. The van der Waals surface area contributed by atoms with E-state index >= 15 is 0 Å². The number of halogens is 1. The summed E-state index contributed by atoms with van der Waals surface area (Å²) in [7, 11) is 0. The SMILES string of the molecule is Nc1cc(Cl)ccc1NCCC1=CCCC1. The van der Waals surface area contributed by atoms with Crippen LogP contribution in [0.15, 0.2) is 29.8 Å². The zero-order valence-corrected chi connectivity index (χ0v) is 10.1. The van der Waals surface area contributed by atoms with Gasteiger partial charge in [-0.05, 0) is 43.9 Å². The van der Waals surface area contributed by atoms with Gasteiger partial charge >= 0.3 is 0 Å². The van der Waals surface area contributed by atoms with E-state index in [4.69, 9.17) is 17.3 Å². The molecule has 0 fully saturated rings. The summed E-state index contributed by atoms with van der Waals surface area (Å²) in [6.07, 6.45) is 7.30. The number of nitrogen functional groups attached to an aromatic ring is 1. The Bertz CT molecular complexity index is 399. The van der Waals surface area contributed by atoms with Crippen LogP contribution in [0.3, 0.4) is 0 Å². The molecule has 86 valence electrons. The molecule has 16 heavy (non-hydrogen) atoms. The smallest absolute Gasteiger partial charge is 0.0575 e. The molecule has 0 heterocycles. The summed E-state index contributed by atoms with van der Waals surface area (Å²) < 4.78 is 0. The van der Waals surface area contributed by atoms with Crippen LogP contribution in [0.2, 0.25) is 5.02 Å². The topological polar surface area (TPSA) is 38.0 Å². The number of benzene rings is 1. The molecule has 0 aromatic heterocycles. The van der Waals surface area contributed by atoms with E-state index in [1.807, 2.05) is 12.1 Å². The number of rotatable bonds is 4. The first-order valence-electron chi connectivity index (χ1n) is 5.72. The lowest BCUT2D eigenvalue weighted by atomic mass is 10.1. The van der Waals surface area contributed by atoms with Crippen molar-refractivity contribution in [1.29, 1.82) is 0 Å². The van der Waals surface area contributed by atoms with Crippen molar-refractivity contribution in [2.45, 2.75) is 25.7 Å². The van der Waals surface area contributed by atoms with Crippen molar-refractivity contribution in [2.75, 3.05) is 17.6 Å². The van der Waals surface area contributed by atoms with Gasteiger partial charge in [0.2, 0.25) is 0 Å². The third-order valence-electron chi connectivity index (χ3n) is 2.91. The van der Waals surface area contributed by atoms with E-state index in [0.717, 1.165) is 18.7 Å². The van der Waals surface area contributed by atoms with Crippen LogP contribution in [0, 0.1) is 0 Å². The molecule has 0 unspecified atom stereocenters. The minimum absolute atomic E-state index is 0.682. The third-order valence-corrected chi connectivity index (χ3v) is 3.15. The maximum atomic E-state index is 5.85. The van der Waals surface area contributed by atoms with Crippen LogP contribution in [0.5, 0.6) is 0 Å².